The number of unbranched alkanes of at least 4 members (excludes halogenated alkanes) is 5. The summed E-state index contributed by atoms with van der Waals surface area (Å²) in [5.74, 6) is -1.78. The van der Waals surface area contributed by atoms with E-state index in [1.165, 1.54) is 30.0 Å². The van der Waals surface area contributed by atoms with E-state index in [2.05, 4.69) is 11.8 Å². The Morgan fingerprint density at radius 3 is 2.27 bits per heavy atom. The van der Waals surface area contributed by atoms with Crippen molar-refractivity contribution in [1.29, 1.82) is 0 Å². The van der Waals surface area contributed by atoms with Crippen LogP contribution in [0.25, 0.3) is 10.9 Å². The van der Waals surface area contributed by atoms with Gasteiger partial charge < -0.3 is 14.4 Å². The molecule has 5 rings (SSSR count). The minimum absolute atomic E-state index is 0.0205. The van der Waals surface area contributed by atoms with Gasteiger partial charge in [-0.3, -0.25) is 9.59 Å². The zero-order valence-corrected chi connectivity index (χ0v) is 29.9. The van der Waals surface area contributed by atoms with Gasteiger partial charge in [0.15, 0.2) is 17.1 Å². The molecule has 0 bridgehead atoms. The number of nitrogens with zero attached hydrogens (tertiary/aromatic N) is 3. The van der Waals surface area contributed by atoms with Gasteiger partial charge in [-0.15, -0.1) is 11.8 Å². The van der Waals surface area contributed by atoms with Crippen LogP contribution in [-0.4, -0.2) is 52.5 Å². The molecular weight excluding hydrogens is 682 g/mol. The zero-order chi connectivity index (χ0) is 36.4. The Hall–Kier alpha value is -3.70. The minimum Gasteiger partial charge on any atom is -0.338 e. The summed E-state index contributed by atoms with van der Waals surface area (Å²) in [5, 5.41) is 1.01. The van der Waals surface area contributed by atoms with Crippen molar-refractivity contribution < 1.29 is 26.7 Å². The molecule has 274 valence electrons. The number of aryl methyl sites for hydroxylation is 1. The number of halogens is 5. The number of para-hydroxylation sites is 1. The van der Waals surface area contributed by atoms with Crippen LogP contribution in [0.2, 0.25) is 0 Å². The molecule has 0 N–H and O–H groups in total. The molecule has 0 aliphatic carbocycles. The molecule has 4 aromatic rings. The second kappa shape index (κ2) is 18.2. The Bertz CT molecular complexity index is 1800. The summed E-state index contributed by atoms with van der Waals surface area (Å²) in [7, 11) is 0. The number of rotatable bonds is 16. The van der Waals surface area contributed by atoms with E-state index in [1.807, 2.05) is 21.6 Å². The topological polar surface area (TPSA) is 45.5 Å². The normalized spacial score (nSPS) is 14.3. The van der Waals surface area contributed by atoms with Gasteiger partial charge in [-0.25, -0.2) is 8.78 Å². The highest BCUT2D eigenvalue weighted by Crippen LogP contribution is 2.30. The van der Waals surface area contributed by atoms with Crippen LogP contribution in [0.1, 0.15) is 75.0 Å². The molecule has 1 amide bonds. The van der Waals surface area contributed by atoms with E-state index in [-0.39, 0.29) is 35.2 Å². The van der Waals surface area contributed by atoms with Gasteiger partial charge in [0.05, 0.1) is 16.1 Å². The molecule has 5 nitrogen and oxygen atoms in total. The van der Waals surface area contributed by atoms with E-state index in [4.69, 9.17) is 0 Å². The monoisotopic (exact) mass is 727 g/mol. The summed E-state index contributed by atoms with van der Waals surface area (Å²) in [6.07, 6.45) is 3.91. The molecule has 11 heteroatoms. The van der Waals surface area contributed by atoms with Crippen molar-refractivity contribution in [2.75, 3.05) is 26.2 Å². The van der Waals surface area contributed by atoms with Gasteiger partial charge in [0.1, 0.15) is 6.54 Å². The SMILES string of the molecule is CCN1CCC(N(CCCCCCCCc2ccc(C(F)(F)F)cc2)C(=O)Cn2c(SCc3cccc(F)c3F)cc(=O)c3ccccc32)CC1. The van der Waals surface area contributed by atoms with Crippen molar-refractivity contribution >= 4 is 28.6 Å². The molecule has 0 radical (unpaired) electrons. The van der Waals surface area contributed by atoms with Crippen molar-refractivity contribution in [3.05, 3.63) is 111 Å². The Kier molecular flexibility index (Phi) is 13.7. The van der Waals surface area contributed by atoms with Gasteiger partial charge in [0.2, 0.25) is 5.91 Å². The molecular formula is C40H46F5N3O2S. The van der Waals surface area contributed by atoms with Gasteiger partial charge in [-0.2, -0.15) is 13.2 Å². The average Bonchev–Trinajstić information content (AvgIpc) is 3.13. The number of carbonyl (C=O) groups excluding carboxylic acids is 1. The van der Waals surface area contributed by atoms with Gasteiger partial charge in [0, 0.05) is 48.4 Å². The van der Waals surface area contributed by atoms with Crippen LogP contribution in [0.3, 0.4) is 0 Å². The smallest absolute Gasteiger partial charge is 0.338 e. The lowest BCUT2D eigenvalue weighted by Gasteiger charge is -2.38. The van der Waals surface area contributed by atoms with E-state index in [9.17, 15) is 31.5 Å². The predicted molar refractivity (Wildman–Crippen MR) is 194 cm³/mol. The predicted octanol–water partition coefficient (Wildman–Crippen LogP) is 9.49. The van der Waals surface area contributed by atoms with E-state index in [0.29, 0.717) is 22.5 Å². The molecule has 1 saturated heterocycles. The third kappa shape index (κ3) is 10.4. The number of thioether (sulfide) groups is 1. The maximum Gasteiger partial charge on any atom is 0.416 e. The summed E-state index contributed by atoms with van der Waals surface area (Å²) >= 11 is 1.21. The fourth-order valence-electron chi connectivity index (χ4n) is 6.86. The summed E-state index contributed by atoms with van der Waals surface area (Å²) in [4.78, 5) is 31.8. The summed E-state index contributed by atoms with van der Waals surface area (Å²) in [6, 6.07) is 18.2. The van der Waals surface area contributed by atoms with E-state index < -0.39 is 23.4 Å². The second-order valence-electron chi connectivity index (χ2n) is 13.3. The number of pyridine rings is 1. The molecule has 1 fully saturated rings. The first-order chi connectivity index (χ1) is 24.5. The van der Waals surface area contributed by atoms with Crippen LogP contribution in [-0.2, 0) is 29.7 Å². The molecule has 0 spiro atoms. The van der Waals surface area contributed by atoms with Crippen LogP contribution in [0.4, 0.5) is 22.0 Å². The van der Waals surface area contributed by atoms with Crippen LogP contribution in [0.15, 0.2) is 82.6 Å². The molecule has 2 heterocycles. The Morgan fingerprint density at radius 1 is 0.882 bits per heavy atom. The van der Waals surface area contributed by atoms with E-state index >= 15 is 0 Å². The van der Waals surface area contributed by atoms with E-state index in [1.54, 1.807) is 24.3 Å². The number of piperidine rings is 1. The molecule has 0 saturated carbocycles. The third-order valence-electron chi connectivity index (χ3n) is 9.84. The molecule has 0 unspecified atom stereocenters. The van der Waals surface area contributed by atoms with Crippen molar-refractivity contribution in [3.8, 4) is 0 Å². The largest absolute Gasteiger partial charge is 0.416 e. The van der Waals surface area contributed by atoms with E-state index in [0.717, 1.165) is 101 Å². The van der Waals surface area contributed by atoms with Crippen molar-refractivity contribution in [3.63, 3.8) is 0 Å². The Balaban J connectivity index is 1.22. The molecule has 3 aromatic carbocycles. The number of benzene rings is 3. The minimum atomic E-state index is -4.32. The number of fused-ring (bicyclic) bond motifs is 1. The first kappa shape index (κ1) is 38.5. The maximum atomic E-state index is 14.5. The molecule has 1 aliphatic heterocycles. The van der Waals surface area contributed by atoms with Crippen molar-refractivity contribution in [2.45, 2.75) is 94.3 Å². The highest BCUT2D eigenvalue weighted by molar-refractivity contribution is 7.98. The fraction of sp³-hybridized carbons (Fsp3) is 0.450. The fourth-order valence-corrected chi connectivity index (χ4v) is 7.90. The number of likely N-dealkylation sites (tertiary alicyclic amines) is 1. The molecule has 0 atom stereocenters. The van der Waals surface area contributed by atoms with Gasteiger partial charge >= 0.3 is 6.18 Å². The summed E-state index contributed by atoms with van der Waals surface area (Å²) < 4.78 is 68.8. The molecule has 51 heavy (non-hydrogen) atoms. The van der Waals surface area contributed by atoms with Crippen LogP contribution in [0, 0.1) is 11.6 Å². The van der Waals surface area contributed by atoms with Crippen LogP contribution in [0.5, 0.6) is 0 Å². The Morgan fingerprint density at radius 2 is 1.57 bits per heavy atom. The van der Waals surface area contributed by atoms with Gasteiger partial charge in [-0.1, -0.05) is 69.0 Å². The van der Waals surface area contributed by atoms with Gasteiger partial charge in [0.25, 0.3) is 0 Å². The number of hydrogen-bond acceptors (Lipinski definition) is 4. The quantitative estimate of drug-likeness (QED) is 0.0656. The maximum absolute atomic E-state index is 14.5. The number of aromatic nitrogens is 1. The lowest BCUT2D eigenvalue weighted by atomic mass is 10.0. The highest BCUT2D eigenvalue weighted by Gasteiger charge is 2.30. The summed E-state index contributed by atoms with van der Waals surface area (Å²) in [5.41, 5.74) is 0.892. The number of amides is 1. The first-order valence-corrected chi connectivity index (χ1v) is 18.9. The standard InChI is InChI=1S/C40H46F5N3O2S/c1-2-46-24-21-32(22-25-46)47(23-10-6-4-3-5-7-12-29-17-19-31(20-18-29)40(43,44)45)37(50)27-48-35-16-9-8-14-33(35)36(49)26-38(48)51-28-30-13-11-15-34(41)39(30)42/h8-9,11,13-20,26,32H,2-7,10,12,21-25,27-28H2,1H3. The van der Waals surface area contributed by atoms with Crippen molar-refractivity contribution in [1.82, 2.24) is 14.4 Å². The molecule has 1 aromatic heterocycles. The average molecular weight is 728 g/mol. The lowest BCUT2D eigenvalue weighted by Crippen LogP contribution is -2.48. The first-order valence-electron chi connectivity index (χ1n) is 17.9. The second-order valence-corrected chi connectivity index (χ2v) is 14.3. The van der Waals surface area contributed by atoms with Crippen LogP contribution < -0.4 is 5.43 Å². The van der Waals surface area contributed by atoms with Gasteiger partial charge in [-0.05, 0) is 74.5 Å². The third-order valence-corrected chi connectivity index (χ3v) is 10.9. The lowest BCUT2D eigenvalue weighted by molar-refractivity contribution is -0.137. The zero-order valence-electron chi connectivity index (χ0n) is 29.1. The molecule has 1 aliphatic rings. The highest BCUT2D eigenvalue weighted by atomic mass is 32.2. The number of hydrogen-bond donors (Lipinski definition) is 0. The number of alkyl halides is 3. The Labute approximate surface area is 300 Å². The number of carbonyl (C=O) groups is 1. The van der Waals surface area contributed by atoms with Crippen LogP contribution >= 0.6 is 11.8 Å². The van der Waals surface area contributed by atoms with Crippen molar-refractivity contribution in [2.24, 2.45) is 0 Å². The summed E-state index contributed by atoms with van der Waals surface area (Å²) in [6.45, 7) is 5.60.